The van der Waals surface area contributed by atoms with Gasteiger partial charge in [-0.1, -0.05) is 19.9 Å². The molecule has 0 bridgehead atoms. The third kappa shape index (κ3) is 4.86. The van der Waals surface area contributed by atoms with Gasteiger partial charge in [-0.2, -0.15) is 18.3 Å². The molecule has 1 N–H and O–H groups in total. The van der Waals surface area contributed by atoms with E-state index in [1.807, 2.05) is 18.3 Å². The minimum atomic E-state index is -4.61. The van der Waals surface area contributed by atoms with E-state index in [0.717, 1.165) is 60.9 Å². The number of hydrogen-bond acceptors (Lipinski definition) is 4. The molecule has 1 aromatic carbocycles. The van der Waals surface area contributed by atoms with Crippen LogP contribution in [0.25, 0.3) is 10.9 Å². The molecule has 9 heteroatoms. The molecule has 3 heterocycles. The van der Waals surface area contributed by atoms with Crippen LogP contribution >= 0.6 is 0 Å². The van der Waals surface area contributed by atoms with Crippen molar-refractivity contribution in [2.75, 3.05) is 23.3 Å². The van der Waals surface area contributed by atoms with Crippen molar-refractivity contribution in [1.29, 1.82) is 0 Å². The van der Waals surface area contributed by atoms with Crippen LogP contribution in [0, 0.1) is 11.8 Å². The number of fused-ring (bicyclic) bond motifs is 1. The minimum Gasteiger partial charge on any atom is -0.370 e. The lowest BCUT2D eigenvalue weighted by Crippen LogP contribution is -2.37. The molecule has 3 aromatic rings. The fourth-order valence-electron chi connectivity index (χ4n) is 5.12. The number of aromatic nitrogens is 3. The molecule has 35 heavy (non-hydrogen) atoms. The zero-order valence-electron chi connectivity index (χ0n) is 20.0. The Morgan fingerprint density at radius 1 is 1.11 bits per heavy atom. The molecule has 0 radical (unpaired) electrons. The second-order valence-electron chi connectivity index (χ2n) is 10.1. The first-order chi connectivity index (χ1) is 16.7. The van der Waals surface area contributed by atoms with Gasteiger partial charge in [0.15, 0.2) is 0 Å². The number of nitrogens with zero attached hydrogens (tertiary/aromatic N) is 4. The first kappa shape index (κ1) is 23.6. The minimum absolute atomic E-state index is 0.271. The van der Waals surface area contributed by atoms with Crippen LogP contribution < -0.4 is 10.2 Å². The molecule has 0 unspecified atom stereocenters. The SMILES string of the molecule is CC(C)C1CCC(n2cc3cc(NC(=O)c4cccc(C(F)(F)F)n4)c(N4CCC4)cc3n2)CC1. The second kappa shape index (κ2) is 9.17. The summed E-state index contributed by atoms with van der Waals surface area (Å²) in [5.41, 5.74) is 0.888. The zero-order chi connectivity index (χ0) is 24.7. The Bertz CT molecular complexity index is 1220. The molecule has 1 saturated heterocycles. The van der Waals surface area contributed by atoms with E-state index in [0.29, 0.717) is 17.6 Å². The Hall–Kier alpha value is -3.10. The van der Waals surface area contributed by atoms with Crippen molar-refractivity contribution in [3.63, 3.8) is 0 Å². The maximum absolute atomic E-state index is 13.1. The van der Waals surface area contributed by atoms with Gasteiger partial charge < -0.3 is 10.2 Å². The maximum atomic E-state index is 13.1. The number of carbonyl (C=O) groups is 1. The molecular weight excluding hydrogens is 455 g/mol. The average molecular weight is 486 g/mol. The molecule has 1 aliphatic carbocycles. The third-order valence-electron chi connectivity index (χ3n) is 7.41. The number of hydrogen-bond donors (Lipinski definition) is 1. The number of alkyl halides is 3. The molecular formula is C26H30F3N5O. The van der Waals surface area contributed by atoms with Crippen LogP contribution in [0.3, 0.4) is 0 Å². The fraction of sp³-hybridized carbons (Fsp3) is 0.500. The van der Waals surface area contributed by atoms with E-state index < -0.39 is 17.8 Å². The van der Waals surface area contributed by atoms with Gasteiger partial charge in [-0.3, -0.25) is 9.48 Å². The van der Waals surface area contributed by atoms with Gasteiger partial charge in [-0.05, 0) is 68.2 Å². The summed E-state index contributed by atoms with van der Waals surface area (Å²) in [4.78, 5) is 18.5. The lowest BCUT2D eigenvalue weighted by Gasteiger charge is -2.34. The lowest BCUT2D eigenvalue weighted by molar-refractivity contribution is -0.141. The van der Waals surface area contributed by atoms with Gasteiger partial charge in [0, 0.05) is 24.7 Å². The number of pyridine rings is 1. The van der Waals surface area contributed by atoms with Gasteiger partial charge in [-0.25, -0.2) is 4.98 Å². The van der Waals surface area contributed by atoms with E-state index in [1.165, 1.54) is 25.0 Å². The van der Waals surface area contributed by atoms with E-state index in [4.69, 9.17) is 5.10 Å². The molecule has 1 amide bonds. The number of benzene rings is 1. The molecule has 2 aromatic heterocycles. The predicted molar refractivity (Wildman–Crippen MR) is 130 cm³/mol. The largest absolute Gasteiger partial charge is 0.433 e. The molecule has 1 saturated carbocycles. The molecule has 0 spiro atoms. The summed E-state index contributed by atoms with van der Waals surface area (Å²) >= 11 is 0. The van der Waals surface area contributed by atoms with Crippen LogP contribution in [0.1, 0.15) is 68.2 Å². The standard InChI is InChI=1S/C26H30F3N5O/c1-16(2)17-7-9-19(10-8-17)34-15-18-13-22(23(14-21(18)32-34)33-11-4-12-33)31-25(35)20-5-3-6-24(30-20)26(27,28)29/h3,5-6,13-17,19H,4,7-12H2,1-2H3,(H,31,35). The van der Waals surface area contributed by atoms with Gasteiger partial charge in [-0.15, -0.1) is 0 Å². The topological polar surface area (TPSA) is 63.1 Å². The molecule has 1 aliphatic heterocycles. The van der Waals surface area contributed by atoms with Crippen LogP contribution in [-0.2, 0) is 6.18 Å². The van der Waals surface area contributed by atoms with Gasteiger partial charge in [0.2, 0.25) is 0 Å². The van der Waals surface area contributed by atoms with Crippen LogP contribution in [0.5, 0.6) is 0 Å². The van der Waals surface area contributed by atoms with Crippen molar-refractivity contribution in [3.05, 3.63) is 47.9 Å². The number of rotatable bonds is 5. The summed E-state index contributed by atoms with van der Waals surface area (Å²) in [6, 6.07) is 7.55. The highest BCUT2D eigenvalue weighted by molar-refractivity contribution is 6.06. The first-order valence-corrected chi connectivity index (χ1v) is 12.3. The predicted octanol–water partition coefficient (Wildman–Crippen LogP) is 6.30. The Morgan fingerprint density at radius 3 is 2.49 bits per heavy atom. The normalized spacial score (nSPS) is 20.8. The van der Waals surface area contributed by atoms with E-state index in [2.05, 4.69) is 33.7 Å². The maximum Gasteiger partial charge on any atom is 0.433 e. The van der Waals surface area contributed by atoms with Gasteiger partial charge in [0.05, 0.1) is 22.9 Å². The Balaban J connectivity index is 1.42. The molecule has 5 rings (SSSR count). The summed E-state index contributed by atoms with van der Waals surface area (Å²) in [7, 11) is 0. The molecule has 2 fully saturated rings. The van der Waals surface area contributed by atoms with Crippen molar-refractivity contribution in [1.82, 2.24) is 14.8 Å². The zero-order valence-corrected chi connectivity index (χ0v) is 20.0. The number of nitrogens with one attached hydrogen (secondary N) is 1. The van der Waals surface area contributed by atoms with Crippen molar-refractivity contribution < 1.29 is 18.0 Å². The molecule has 0 atom stereocenters. The molecule has 6 nitrogen and oxygen atoms in total. The van der Waals surface area contributed by atoms with Crippen LogP contribution in [0.4, 0.5) is 24.5 Å². The number of anilines is 2. The van der Waals surface area contributed by atoms with E-state index in [9.17, 15) is 18.0 Å². The highest BCUT2D eigenvalue weighted by Gasteiger charge is 2.33. The molecule has 2 aliphatic rings. The van der Waals surface area contributed by atoms with Gasteiger partial charge in [0.1, 0.15) is 11.4 Å². The highest BCUT2D eigenvalue weighted by Crippen LogP contribution is 2.38. The third-order valence-corrected chi connectivity index (χ3v) is 7.41. The Kier molecular flexibility index (Phi) is 6.19. The summed E-state index contributed by atoms with van der Waals surface area (Å²) in [5.74, 6) is 0.793. The summed E-state index contributed by atoms with van der Waals surface area (Å²) in [6.45, 7) is 6.29. The van der Waals surface area contributed by atoms with Gasteiger partial charge >= 0.3 is 6.18 Å². The summed E-state index contributed by atoms with van der Waals surface area (Å²) in [6.07, 6.45) is 3.05. The second-order valence-corrected chi connectivity index (χ2v) is 10.1. The smallest absolute Gasteiger partial charge is 0.370 e. The van der Waals surface area contributed by atoms with E-state index >= 15 is 0 Å². The van der Waals surface area contributed by atoms with Crippen LogP contribution in [-0.4, -0.2) is 33.8 Å². The molecule has 186 valence electrons. The number of halogens is 3. The lowest BCUT2D eigenvalue weighted by atomic mass is 9.80. The number of amides is 1. The Morgan fingerprint density at radius 2 is 1.86 bits per heavy atom. The van der Waals surface area contributed by atoms with Crippen LogP contribution in [0.2, 0.25) is 0 Å². The summed E-state index contributed by atoms with van der Waals surface area (Å²) in [5, 5.41) is 8.57. The first-order valence-electron chi connectivity index (χ1n) is 12.3. The fourth-order valence-corrected chi connectivity index (χ4v) is 5.12. The highest BCUT2D eigenvalue weighted by atomic mass is 19.4. The van der Waals surface area contributed by atoms with Crippen molar-refractivity contribution >= 4 is 28.2 Å². The van der Waals surface area contributed by atoms with Crippen molar-refractivity contribution in [2.45, 2.75) is 58.2 Å². The Labute approximate surface area is 202 Å². The van der Waals surface area contributed by atoms with Crippen molar-refractivity contribution in [2.24, 2.45) is 11.8 Å². The van der Waals surface area contributed by atoms with Crippen LogP contribution in [0.15, 0.2) is 36.5 Å². The van der Waals surface area contributed by atoms with E-state index in [1.54, 1.807) is 0 Å². The monoisotopic (exact) mass is 485 g/mol. The summed E-state index contributed by atoms with van der Waals surface area (Å²) < 4.78 is 41.2. The number of carbonyl (C=O) groups excluding carboxylic acids is 1. The van der Waals surface area contributed by atoms with Gasteiger partial charge in [0.25, 0.3) is 5.91 Å². The quantitative estimate of drug-likeness (QED) is 0.461. The van der Waals surface area contributed by atoms with Crippen molar-refractivity contribution in [3.8, 4) is 0 Å². The van der Waals surface area contributed by atoms with E-state index in [-0.39, 0.29) is 5.69 Å². The average Bonchev–Trinajstić information content (AvgIpc) is 3.20.